The smallest absolute Gasteiger partial charge is 0.162 e. The Kier molecular flexibility index (Phi) is 4.69. The Morgan fingerprint density at radius 2 is 2.19 bits per heavy atom. The molecule has 90 valence electrons. The fourth-order valence-electron chi connectivity index (χ4n) is 1.80. The Morgan fingerprint density at radius 1 is 1.50 bits per heavy atom. The lowest BCUT2D eigenvalue weighted by molar-refractivity contribution is -0.134. The number of ether oxygens (including phenoxy) is 1. The van der Waals surface area contributed by atoms with Crippen molar-refractivity contribution in [3.8, 4) is 0 Å². The van der Waals surface area contributed by atoms with E-state index in [1.165, 1.54) is 4.88 Å². The van der Waals surface area contributed by atoms with Crippen LogP contribution in [0.2, 0.25) is 0 Å². The summed E-state index contributed by atoms with van der Waals surface area (Å²) >= 11 is 1.70. The largest absolute Gasteiger partial charge is 0.373 e. The van der Waals surface area contributed by atoms with E-state index in [-0.39, 0.29) is 17.3 Å². The molecule has 0 amide bonds. The highest BCUT2D eigenvalue weighted by molar-refractivity contribution is 7.09. The van der Waals surface area contributed by atoms with Crippen LogP contribution in [0, 0.1) is 5.41 Å². The zero-order valence-electron chi connectivity index (χ0n) is 10.4. The Bertz CT molecular complexity index is 322. The van der Waals surface area contributed by atoms with Crippen molar-refractivity contribution >= 4 is 17.1 Å². The van der Waals surface area contributed by atoms with Crippen molar-refractivity contribution < 1.29 is 9.53 Å². The second-order valence-electron chi connectivity index (χ2n) is 5.03. The van der Waals surface area contributed by atoms with E-state index in [0.717, 1.165) is 6.42 Å². The van der Waals surface area contributed by atoms with Gasteiger partial charge in [-0.2, -0.15) is 0 Å². The molecule has 3 heteroatoms. The molecule has 2 nitrogen and oxygen atoms in total. The molecule has 1 unspecified atom stereocenters. The van der Waals surface area contributed by atoms with Gasteiger partial charge < -0.3 is 4.74 Å². The maximum absolute atomic E-state index is 12.0. The van der Waals surface area contributed by atoms with Crippen molar-refractivity contribution in [2.45, 2.75) is 39.7 Å². The highest BCUT2D eigenvalue weighted by Gasteiger charge is 2.30. The van der Waals surface area contributed by atoms with Crippen LogP contribution in [0.25, 0.3) is 0 Å². The molecule has 1 aromatic rings. The Hall–Kier alpha value is -0.670. The second-order valence-corrected chi connectivity index (χ2v) is 6.06. The monoisotopic (exact) mass is 240 g/mol. The zero-order valence-corrected chi connectivity index (χ0v) is 11.3. The Morgan fingerprint density at radius 3 is 2.62 bits per heavy atom. The third kappa shape index (κ3) is 3.72. The van der Waals surface area contributed by atoms with Gasteiger partial charge in [-0.05, 0) is 23.3 Å². The summed E-state index contributed by atoms with van der Waals surface area (Å²) in [6, 6.07) is 4.08. The van der Waals surface area contributed by atoms with Gasteiger partial charge >= 0.3 is 0 Å². The first kappa shape index (κ1) is 13.4. The van der Waals surface area contributed by atoms with E-state index in [1.807, 2.05) is 32.2 Å². The molecule has 1 heterocycles. The lowest BCUT2D eigenvalue weighted by Crippen LogP contribution is -2.36. The van der Waals surface area contributed by atoms with E-state index in [4.69, 9.17) is 4.74 Å². The number of hydrogen-bond acceptors (Lipinski definition) is 3. The predicted octanol–water partition coefficient (Wildman–Crippen LogP) is 3.31. The standard InChI is InChI=1S/C13H20O2S/c1-13(2,3)12(15-4)11(14)8-7-10-6-5-9-16-10/h5-6,9,12H,7-8H2,1-4H3. The fourth-order valence-corrected chi connectivity index (χ4v) is 2.51. The Labute approximate surface area is 102 Å². The number of carbonyl (C=O) groups is 1. The number of rotatable bonds is 5. The summed E-state index contributed by atoms with van der Waals surface area (Å²) in [6.07, 6.45) is 1.09. The first-order valence-electron chi connectivity index (χ1n) is 5.53. The molecule has 1 rings (SSSR count). The van der Waals surface area contributed by atoms with Crippen molar-refractivity contribution in [3.05, 3.63) is 22.4 Å². The summed E-state index contributed by atoms with van der Waals surface area (Å²) in [5.41, 5.74) is -0.124. The predicted molar refractivity (Wildman–Crippen MR) is 67.9 cm³/mol. The van der Waals surface area contributed by atoms with Gasteiger partial charge in [-0.25, -0.2) is 0 Å². The van der Waals surface area contributed by atoms with Crippen LogP contribution >= 0.6 is 11.3 Å². The molecule has 0 N–H and O–H groups in total. The molecule has 0 saturated carbocycles. The molecule has 16 heavy (non-hydrogen) atoms. The number of aryl methyl sites for hydroxylation is 1. The average Bonchev–Trinajstić information content (AvgIpc) is 2.65. The summed E-state index contributed by atoms with van der Waals surface area (Å²) in [5, 5.41) is 2.04. The molecule has 1 atom stereocenters. The van der Waals surface area contributed by atoms with Crippen molar-refractivity contribution in [2.24, 2.45) is 5.41 Å². The number of carbonyl (C=O) groups excluding carboxylic acids is 1. The van der Waals surface area contributed by atoms with Crippen LogP contribution < -0.4 is 0 Å². The topological polar surface area (TPSA) is 26.3 Å². The van der Waals surface area contributed by atoms with Gasteiger partial charge in [-0.15, -0.1) is 11.3 Å². The van der Waals surface area contributed by atoms with Crippen molar-refractivity contribution in [1.29, 1.82) is 0 Å². The number of ketones is 1. The Balaban J connectivity index is 2.51. The summed E-state index contributed by atoms with van der Waals surface area (Å²) in [7, 11) is 1.61. The first-order valence-corrected chi connectivity index (χ1v) is 6.41. The van der Waals surface area contributed by atoms with Gasteiger partial charge in [0, 0.05) is 18.4 Å². The number of methoxy groups -OCH3 is 1. The first-order chi connectivity index (χ1) is 7.45. The second kappa shape index (κ2) is 5.60. The highest BCUT2D eigenvalue weighted by Crippen LogP contribution is 2.24. The van der Waals surface area contributed by atoms with E-state index in [0.29, 0.717) is 6.42 Å². The number of hydrogen-bond donors (Lipinski definition) is 0. The minimum absolute atomic E-state index is 0.124. The molecule has 0 fully saturated rings. The van der Waals surface area contributed by atoms with Crippen LogP contribution in [-0.2, 0) is 16.0 Å². The molecule has 0 aromatic carbocycles. The van der Waals surface area contributed by atoms with Gasteiger partial charge in [0.1, 0.15) is 6.10 Å². The fraction of sp³-hybridized carbons (Fsp3) is 0.615. The van der Waals surface area contributed by atoms with Crippen LogP contribution in [0.4, 0.5) is 0 Å². The number of thiophene rings is 1. The lowest BCUT2D eigenvalue weighted by Gasteiger charge is -2.27. The quantitative estimate of drug-likeness (QED) is 0.789. The van der Waals surface area contributed by atoms with Crippen LogP contribution in [0.15, 0.2) is 17.5 Å². The lowest BCUT2D eigenvalue weighted by atomic mass is 9.85. The van der Waals surface area contributed by atoms with E-state index >= 15 is 0 Å². The van der Waals surface area contributed by atoms with Crippen molar-refractivity contribution in [1.82, 2.24) is 0 Å². The highest BCUT2D eigenvalue weighted by atomic mass is 32.1. The van der Waals surface area contributed by atoms with Crippen molar-refractivity contribution in [3.63, 3.8) is 0 Å². The molecule has 0 spiro atoms. The van der Waals surface area contributed by atoms with E-state index < -0.39 is 0 Å². The molecule has 0 aliphatic rings. The van der Waals surface area contributed by atoms with Gasteiger partial charge in [0.2, 0.25) is 0 Å². The average molecular weight is 240 g/mol. The van der Waals surface area contributed by atoms with Gasteiger partial charge in [-0.3, -0.25) is 4.79 Å². The minimum atomic E-state index is -0.299. The van der Waals surface area contributed by atoms with Crippen molar-refractivity contribution in [2.75, 3.05) is 7.11 Å². The SMILES string of the molecule is COC(C(=O)CCc1cccs1)C(C)(C)C. The van der Waals surface area contributed by atoms with Gasteiger partial charge in [-0.1, -0.05) is 26.8 Å². The molecule has 0 aliphatic carbocycles. The van der Waals surface area contributed by atoms with Crippen LogP contribution in [0.3, 0.4) is 0 Å². The number of Topliss-reactive ketones (excluding diaryl/α,β-unsaturated/α-hetero) is 1. The van der Waals surface area contributed by atoms with Crippen LogP contribution in [0.1, 0.15) is 32.1 Å². The van der Waals surface area contributed by atoms with E-state index in [9.17, 15) is 4.79 Å². The van der Waals surface area contributed by atoms with Gasteiger partial charge in [0.05, 0.1) is 0 Å². The molecule has 0 bridgehead atoms. The molecular formula is C13H20O2S. The van der Waals surface area contributed by atoms with E-state index in [2.05, 4.69) is 6.07 Å². The minimum Gasteiger partial charge on any atom is -0.373 e. The zero-order chi connectivity index (χ0) is 12.2. The summed E-state index contributed by atoms with van der Waals surface area (Å²) in [6.45, 7) is 6.10. The van der Waals surface area contributed by atoms with Gasteiger partial charge in [0.25, 0.3) is 0 Å². The third-order valence-corrected chi connectivity index (χ3v) is 3.45. The maximum atomic E-state index is 12.0. The van der Waals surface area contributed by atoms with Crippen LogP contribution in [-0.4, -0.2) is 19.0 Å². The molecule has 1 aromatic heterocycles. The molecule has 0 saturated heterocycles. The molecule has 0 radical (unpaired) electrons. The summed E-state index contributed by atoms with van der Waals surface area (Å²) in [4.78, 5) is 13.3. The normalized spacial score (nSPS) is 13.8. The maximum Gasteiger partial charge on any atom is 0.162 e. The summed E-state index contributed by atoms with van der Waals surface area (Å²) < 4.78 is 5.30. The van der Waals surface area contributed by atoms with E-state index in [1.54, 1.807) is 18.4 Å². The van der Waals surface area contributed by atoms with Gasteiger partial charge in [0.15, 0.2) is 5.78 Å². The molecule has 0 aliphatic heterocycles. The van der Waals surface area contributed by atoms with Crippen LogP contribution in [0.5, 0.6) is 0 Å². The summed E-state index contributed by atoms with van der Waals surface area (Å²) in [5.74, 6) is 0.198. The molecular weight excluding hydrogens is 220 g/mol. The third-order valence-electron chi connectivity index (χ3n) is 2.51.